The van der Waals surface area contributed by atoms with Gasteiger partial charge in [0, 0.05) is 32.2 Å². The third-order valence-electron chi connectivity index (χ3n) is 4.98. The number of halogens is 2. The van der Waals surface area contributed by atoms with Gasteiger partial charge in [0.05, 0.1) is 0 Å². The van der Waals surface area contributed by atoms with E-state index in [1.165, 1.54) is 32.1 Å². The average molecular weight is 363 g/mol. The van der Waals surface area contributed by atoms with E-state index < -0.39 is 0 Å². The number of phenolic OH excluding ortho intramolecular Hbond substituents is 2. The molecule has 1 aliphatic carbocycles. The molecule has 1 heterocycles. The van der Waals surface area contributed by atoms with E-state index in [4.69, 9.17) is 0 Å². The van der Waals surface area contributed by atoms with Crippen LogP contribution < -0.4 is 5.32 Å². The predicted molar refractivity (Wildman–Crippen MR) is 98.0 cm³/mol. The molecule has 132 valence electrons. The number of piperazine rings is 1. The van der Waals surface area contributed by atoms with Gasteiger partial charge < -0.3 is 15.5 Å². The van der Waals surface area contributed by atoms with E-state index in [1.807, 2.05) is 6.07 Å². The molecule has 1 saturated carbocycles. The monoisotopic (exact) mass is 362 g/mol. The summed E-state index contributed by atoms with van der Waals surface area (Å²) in [6.07, 6.45) is 6.53. The number of hydrogen-bond donors (Lipinski definition) is 3. The van der Waals surface area contributed by atoms with Crippen molar-refractivity contribution in [1.29, 1.82) is 0 Å². The minimum absolute atomic E-state index is 0. The highest BCUT2D eigenvalue weighted by Gasteiger charge is 2.31. The quantitative estimate of drug-likeness (QED) is 0.720. The standard InChI is InChI=1S/C17H26N2O2.2ClH/c20-15-7-6-14(12-16(15)21)17(13-4-2-1-3-5-13)19-10-8-18-9-11-19;;/h6-7,12-13,17-18,20-21H,1-5,8-11H2;2*1H/t17-;;/m1../s1. The lowest BCUT2D eigenvalue weighted by Gasteiger charge is -2.41. The Morgan fingerprint density at radius 3 is 2.22 bits per heavy atom. The molecule has 2 fully saturated rings. The Balaban J connectivity index is 0.00000132. The van der Waals surface area contributed by atoms with Gasteiger partial charge >= 0.3 is 0 Å². The molecule has 23 heavy (non-hydrogen) atoms. The fraction of sp³-hybridized carbons (Fsp3) is 0.647. The fourth-order valence-corrected chi connectivity index (χ4v) is 3.92. The van der Waals surface area contributed by atoms with Gasteiger partial charge in [-0.05, 0) is 36.5 Å². The Hall–Kier alpha value is -0.680. The van der Waals surface area contributed by atoms with Crippen LogP contribution in [0.25, 0.3) is 0 Å². The summed E-state index contributed by atoms with van der Waals surface area (Å²) < 4.78 is 0. The molecule has 0 unspecified atom stereocenters. The summed E-state index contributed by atoms with van der Waals surface area (Å²) >= 11 is 0. The first kappa shape index (κ1) is 20.4. The lowest BCUT2D eigenvalue weighted by atomic mass is 9.80. The Kier molecular flexibility index (Phi) is 8.48. The van der Waals surface area contributed by atoms with Crippen molar-refractivity contribution < 1.29 is 10.2 Å². The van der Waals surface area contributed by atoms with Crippen molar-refractivity contribution in [3.8, 4) is 11.5 Å². The van der Waals surface area contributed by atoms with E-state index in [2.05, 4.69) is 10.2 Å². The molecule has 0 spiro atoms. The van der Waals surface area contributed by atoms with Gasteiger partial charge in [-0.3, -0.25) is 4.90 Å². The third-order valence-corrected chi connectivity index (χ3v) is 4.98. The molecular formula is C17H28Cl2N2O2. The Bertz CT molecular complexity index is 458. The summed E-state index contributed by atoms with van der Waals surface area (Å²) in [5, 5.41) is 22.9. The fourth-order valence-electron chi connectivity index (χ4n) is 3.92. The number of nitrogens with one attached hydrogen (secondary N) is 1. The lowest BCUT2D eigenvalue weighted by molar-refractivity contribution is 0.103. The first-order valence-corrected chi connectivity index (χ1v) is 8.22. The number of benzene rings is 1. The van der Waals surface area contributed by atoms with Crippen molar-refractivity contribution in [3.05, 3.63) is 23.8 Å². The van der Waals surface area contributed by atoms with E-state index in [0.29, 0.717) is 12.0 Å². The van der Waals surface area contributed by atoms with Gasteiger partial charge in [0.2, 0.25) is 0 Å². The molecule has 3 rings (SSSR count). The first-order chi connectivity index (χ1) is 10.3. The van der Waals surface area contributed by atoms with Crippen molar-refractivity contribution in [2.45, 2.75) is 38.1 Å². The van der Waals surface area contributed by atoms with E-state index in [0.717, 1.165) is 31.7 Å². The lowest BCUT2D eigenvalue weighted by Crippen LogP contribution is -2.47. The van der Waals surface area contributed by atoms with Gasteiger partial charge in [-0.15, -0.1) is 24.8 Å². The molecule has 3 N–H and O–H groups in total. The van der Waals surface area contributed by atoms with Crippen LogP contribution in [0.5, 0.6) is 11.5 Å². The van der Waals surface area contributed by atoms with E-state index >= 15 is 0 Å². The van der Waals surface area contributed by atoms with Crippen molar-refractivity contribution in [2.24, 2.45) is 5.92 Å². The number of hydrogen-bond acceptors (Lipinski definition) is 4. The van der Waals surface area contributed by atoms with Crippen LogP contribution in [0, 0.1) is 5.92 Å². The highest BCUT2D eigenvalue weighted by atomic mass is 35.5. The van der Waals surface area contributed by atoms with Crippen LogP contribution in [0.3, 0.4) is 0 Å². The Labute approximate surface area is 151 Å². The molecule has 1 atom stereocenters. The summed E-state index contributed by atoms with van der Waals surface area (Å²) in [7, 11) is 0. The summed E-state index contributed by atoms with van der Waals surface area (Å²) in [6.45, 7) is 4.19. The maximum atomic E-state index is 9.86. The Morgan fingerprint density at radius 1 is 0.957 bits per heavy atom. The maximum absolute atomic E-state index is 9.86. The molecule has 0 radical (unpaired) electrons. The predicted octanol–water partition coefficient (Wildman–Crippen LogP) is 3.47. The zero-order chi connectivity index (χ0) is 14.7. The van der Waals surface area contributed by atoms with Crippen LogP contribution >= 0.6 is 24.8 Å². The van der Waals surface area contributed by atoms with E-state index in [1.54, 1.807) is 12.1 Å². The molecule has 2 aliphatic rings. The third kappa shape index (κ3) is 4.90. The van der Waals surface area contributed by atoms with Crippen LogP contribution in [0.15, 0.2) is 18.2 Å². The normalized spacial score (nSPS) is 21.0. The van der Waals surface area contributed by atoms with Gasteiger partial charge in [-0.1, -0.05) is 25.3 Å². The van der Waals surface area contributed by atoms with E-state index in [-0.39, 0.29) is 36.3 Å². The van der Waals surface area contributed by atoms with Crippen LogP contribution in [-0.4, -0.2) is 41.3 Å². The van der Waals surface area contributed by atoms with Crippen LogP contribution in [0.4, 0.5) is 0 Å². The minimum Gasteiger partial charge on any atom is -0.504 e. The maximum Gasteiger partial charge on any atom is 0.157 e. The second-order valence-corrected chi connectivity index (χ2v) is 6.38. The summed E-state index contributed by atoms with van der Waals surface area (Å²) in [5.41, 5.74) is 1.15. The number of aromatic hydroxyl groups is 2. The molecular weight excluding hydrogens is 335 g/mol. The zero-order valence-corrected chi connectivity index (χ0v) is 15.0. The van der Waals surface area contributed by atoms with E-state index in [9.17, 15) is 10.2 Å². The first-order valence-electron chi connectivity index (χ1n) is 8.22. The summed E-state index contributed by atoms with van der Waals surface area (Å²) in [6, 6.07) is 5.74. The van der Waals surface area contributed by atoms with Gasteiger partial charge in [0.25, 0.3) is 0 Å². The van der Waals surface area contributed by atoms with Crippen LogP contribution in [0.1, 0.15) is 43.7 Å². The topological polar surface area (TPSA) is 55.7 Å². The molecule has 1 aromatic rings. The molecule has 0 aromatic heterocycles. The van der Waals surface area contributed by atoms with Crippen LogP contribution in [-0.2, 0) is 0 Å². The van der Waals surface area contributed by atoms with Gasteiger partial charge in [-0.2, -0.15) is 0 Å². The second-order valence-electron chi connectivity index (χ2n) is 6.38. The van der Waals surface area contributed by atoms with Gasteiger partial charge in [0.1, 0.15) is 0 Å². The molecule has 4 nitrogen and oxygen atoms in total. The zero-order valence-electron chi connectivity index (χ0n) is 13.4. The van der Waals surface area contributed by atoms with Crippen molar-refractivity contribution in [3.63, 3.8) is 0 Å². The summed E-state index contributed by atoms with van der Waals surface area (Å²) in [5.74, 6) is 0.644. The van der Waals surface area contributed by atoms with Crippen molar-refractivity contribution in [1.82, 2.24) is 10.2 Å². The molecule has 0 amide bonds. The Morgan fingerprint density at radius 2 is 1.61 bits per heavy atom. The second kappa shape index (κ2) is 9.58. The average Bonchev–Trinajstić information content (AvgIpc) is 2.53. The molecule has 1 saturated heterocycles. The number of phenols is 2. The van der Waals surface area contributed by atoms with Crippen LogP contribution in [0.2, 0.25) is 0 Å². The SMILES string of the molecule is Cl.Cl.Oc1ccc([C@@H](C2CCCCC2)N2CCNCC2)cc1O. The number of nitrogens with zero attached hydrogens (tertiary/aromatic N) is 1. The van der Waals surface area contributed by atoms with Gasteiger partial charge in [-0.25, -0.2) is 0 Å². The number of rotatable bonds is 3. The highest BCUT2D eigenvalue weighted by Crippen LogP contribution is 2.40. The molecule has 1 aliphatic heterocycles. The van der Waals surface area contributed by atoms with Crippen molar-refractivity contribution in [2.75, 3.05) is 26.2 Å². The molecule has 6 heteroatoms. The smallest absolute Gasteiger partial charge is 0.157 e. The minimum atomic E-state index is -0.0264. The molecule has 1 aromatic carbocycles. The molecule has 0 bridgehead atoms. The van der Waals surface area contributed by atoms with Gasteiger partial charge in [0.15, 0.2) is 11.5 Å². The van der Waals surface area contributed by atoms with Crippen molar-refractivity contribution >= 4 is 24.8 Å². The summed E-state index contributed by atoms with van der Waals surface area (Å²) in [4.78, 5) is 2.55. The highest BCUT2D eigenvalue weighted by molar-refractivity contribution is 5.85. The largest absolute Gasteiger partial charge is 0.504 e.